The van der Waals surface area contributed by atoms with Crippen molar-refractivity contribution in [2.45, 2.75) is 13.5 Å². The molecule has 0 saturated heterocycles. The number of hydrogen-bond donors (Lipinski definition) is 0. The molecule has 2 aromatic carbocycles. The molecule has 0 aliphatic carbocycles. The fourth-order valence-corrected chi connectivity index (χ4v) is 4.05. The third kappa shape index (κ3) is 3.23. The zero-order chi connectivity index (χ0) is 18.9. The van der Waals surface area contributed by atoms with Crippen molar-refractivity contribution in [1.82, 2.24) is 4.57 Å². The van der Waals surface area contributed by atoms with Gasteiger partial charge in [0, 0.05) is 5.38 Å². The smallest absolute Gasteiger partial charge is 0.231 e. The van der Waals surface area contributed by atoms with Gasteiger partial charge in [-0.05, 0) is 48.9 Å². The molecule has 3 heterocycles. The first-order valence-electron chi connectivity index (χ1n) is 8.98. The van der Waals surface area contributed by atoms with Crippen molar-refractivity contribution in [3.05, 3.63) is 82.2 Å². The molecular formula is C22H18N2O3S. The van der Waals surface area contributed by atoms with Gasteiger partial charge >= 0.3 is 0 Å². The SMILES string of the molecule is Cc1ccc(N=c2scc(-c3ccco3)n2Cc2ccc3c(c2)OCO3)cc1. The van der Waals surface area contributed by atoms with Gasteiger partial charge in [0.05, 0.1) is 24.2 Å². The number of aryl methyl sites for hydroxylation is 1. The molecule has 0 amide bonds. The normalized spacial score (nSPS) is 13.2. The molecule has 0 radical (unpaired) electrons. The van der Waals surface area contributed by atoms with E-state index in [1.807, 2.05) is 36.4 Å². The van der Waals surface area contributed by atoms with Crippen LogP contribution in [0.1, 0.15) is 11.1 Å². The van der Waals surface area contributed by atoms with E-state index in [0.717, 1.165) is 39.0 Å². The second-order valence-electron chi connectivity index (χ2n) is 6.60. The Kier molecular flexibility index (Phi) is 4.25. The van der Waals surface area contributed by atoms with Gasteiger partial charge in [-0.25, -0.2) is 4.99 Å². The highest BCUT2D eigenvalue weighted by molar-refractivity contribution is 7.07. The van der Waals surface area contributed by atoms with Gasteiger partial charge in [0.25, 0.3) is 0 Å². The lowest BCUT2D eigenvalue weighted by molar-refractivity contribution is 0.174. The summed E-state index contributed by atoms with van der Waals surface area (Å²) in [5, 5.41) is 2.08. The number of thiazole rings is 1. The first kappa shape index (κ1) is 16.9. The van der Waals surface area contributed by atoms with Gasteiger partial charge in [0.15, 0.2) is 22.1 Å². The zero-order valence-electron chi connectivity index (χ0n) is 15.3. The van der Waals surface area contributed by atoms with Crippen LogP contribution in [0.2, 0.25) is 0 Å². The predicted octanol–water partition coefficient (Wildman–Crippen LogP) is 5.13. The van der Waals surface area contributed by atoms with Gasteiger partial charge in [-0.2, -0.15) is 0 Å². The van der Waals surface area contributed by atoms with Crippen LogP contribution in [0.4, 0.5) is 5.69 Å². The largest absolute Gasteiger partial charge is 0.463 e. The Balaban J connectivity index is 1.59. The monoisotopic (exact) mass is 390 g/mol. The third-order valence-electron chi connectivity index (χ3n) is 4.61. The Morgan fingerprint density at radius 1 is 1.04 bits per heavy atom. The van der Waals surface area contributed by atoms with Crippen molar-refractivity contribution in [2.24, 2.45) is 4.99 Å². The molecule has 0 atom stereocenters. The molecule has 140 valence electrons. The summed E-state index contributed by atoms with van der Waals surface area (Å²) in [5.74, 6) is 2.39. The van der Waals surface area contributed by atoms with Crippen molar-refractivity contribution in [1.29, 1.82) is 0 Å². The minimum Gasteiger partial charge on any atom is -0.463 e. The minimum absolute atomic E-state index is 0.274. The van der Waals surface area contributed by atoms with Crippen molar-refractivity contribution < 1.29 is 13.9 Å². The van der Waals surface area contributed by atoms with E-state index in [1.165, 1.54) is 5.56 Å². The number of aromatic nitrogens is 1. The van der Waals surface area contributed by atoms with E-state index in [2.05, 4.69) is 35.1 Å². The van der Waals surface area contributed by atoms with Gasteiger partial charge in [-0.1, -0.05) is 23.8 Å². The third-order valence-corrected chi connectivity index (χ3v) is 5.47. The molecule has 0 fully saturated rings. The van der Waals surface area contributed by atoms with E-state index >= 15 is 0 Å². The van der Waals surface area contributed by atoms with E-state index in [9.17, 15) is 0 Å². The van der Waals surface area contributed by atoms with Crippen molar-refractivity contribution >= 4 is 17.0 Å². The Morgan fingerprint density at radius 2 is 1.89 bits per heavy atom. The molecule has 1 aliphatic heterocycles. The molecule has 1 aliphatic rings. The second kappa shape index (κ2) is 7.05. The molecular weight excluding hydrogens is 372 g/mol. The van der Waals surface area contributed by atoms with Gasteiger partial charge in [-0.3, -0.25) is 0 Å². The van der Waals surface area contributed by atoms with Gasteiger partial charge in [0.2, 0.25) is 6.79 Å². The Labute approximate surface area is 166 Å². The van der Waals surface area contributed by atoms with Crippen LogP contribution in [-0.4, -0.2) is 11.4 Å². The van der Waals surface area contributed by atoms with Crippen molar-refractivity contribution in [3.63, 3.8) is 0 Å². The molecule has 4 aromatic rings. The van der Waals surface area contributed by atoms with Gasteiger partial charge in [-0.15, -0.1) is 11.3 Å². The number of fused-ring (bicyclic) bond motifs is 1. The average Bonchev–Trinajstić information content (AvgIpc) is 3.45. The topological polar surface area (TPSA) is 48.9 Å². The number of ether oxygens (including phenoxy) is 2. The number of furan rings is 1. The highest BCUT2D eigenvalue weighted by atomic mass is 32.1. The Morgan fingerprint density at radius 3 is 2.71 bits per heavy atom. The fraction of sp³-hybridized carbons (Fsp3) is 0.136. The summed E-state index contributed by atoms with van der Waals surface area (Å²) >= 11 is 1.60. The minimum atomic E-state index is 0.274. The van der Waals surface area contributed by atoms with Crippen LogP contribution >= 0.6 is 11.3 Å². The number of nitrogens with zero attached hydrogens (tertiary/aromatic N) is 2. The maximum atomic E-state index is 5.65. The van der Waals surface area contributed by atoms with Crippen molar-refractivity contribution in [3.8, 4) is 23.0 Å². The summed E-state index contributed by atoms with van der Waals surface area (Å²) in [6.45, 7) is 3.00. The van der Waals surface area contributed by atoms with E-state index in [4.69, 9.17) is 18.9 Å². The highest BCUT2D eigenvalue weighted by Crippen LogP contribution is 2.33. The van der Waals surface area contributed by atoms with Crippen LogP contribution in [0.15, 0.2) is 75.7 Å². The van der Waals surface area contributed by atoms with Crippen LogP contribution in [0.3, 0.4) is 0 Å². The van der Waals surface area contributed by atoms with Gasteiger partial charge < -0.3 is 18.5 Å². The van der Waals surface area contributed by atoms with Crippen LogP contribution in [0.25, 0.3) is 11.5 Å². The summed E-state index contributed by atoms with van der Waals surface area (Å²) in [6.07, 6.45) is 1.69. The number of benzene rings is 2. The molecule has 5 rings (SSSR count). The van der Waals surface area contributed by atoms with E-state index in [-0.39, 0.29) is 6.79 Å². The molecule has 0 spiro atoms. The first-order valence-corrected chi connectivity index (χ1v) is 9.86. The van der Waals surface area contributed by atoms with Crippen molar-refractivity contribution in [2.75, 3.05) is 6.79 Å². The highest BCUT2D eigenvalue weighted by Gasteiger charge is 2.15. The Hall–Kier alpha value is -3.25. The quantitative estimate of drug-likeness (QED) is 0.485. The lowest BCUT2D eigenvalue weighted by atomic mass is 10.2. The second-order valence-corrected chi connectivity index (χ2v) is 7.44. The number of hydrogen-bond acceptors (Lipinski definition) is 5. The lowest BCUT2D eigenvalue weighted by Crippen LogP contribution is -2.16. The molecule has 0 saturated carbocycles. The summed E-state index contributed by atoms with van der Waals surface area (Å²) in [7, 11) is 0. The summed E-state index contributed by atoms with van der Waals surface area (Å²) in [6, 6.07) is 18.1. The molecule has 28 heavy (non-hydrogen) atoms. The zero-order valence-corrected chi connectivity index (χ0v) is 16.1. The molecule has 2 aromatic heterocycles. The van der Waals surface area contributed by atoms with E-state index in [0.29, 0.717) is 6.54 Å². The number of rotatable bonds is 4. The average molecular weight is 390 g/mol. The maximum absolute atomic E-state index is 5.65. The van der Waals surface area contributed by atoms with Crippen LogP contribution in [0, 0.1) is 6.92 Å². The molecule has 0 N–H and O–H groups in total. The Bertz CT molecular complexity index is 1170. The van der Waals surface area contributed by atoms with Gasteiger partial charge in [0.1, 0.15) is 0 Å². The summed E-state index contributed by atoms with van der Waals surface area (Å²) in [4.78, 5) is 5.78. The standard InChI is InChI=1S/C22H18N2O3S/c1-15-4-7-17(8-5-15)23-22-24(18(13-28-22)19-3-2-10-25-19)12-16-6-9-20-21(11-16)27-14-26-20/h2-11,13H,12,14H2,1H3. The van der Waals surface area contributed by atoms with Crippen LogP contribution < -0.4 is 14.3 Å². The molecule has 6 heteroatoms. The van der Waals surface area contributed by atoms with E-state index < -0.39 is 0 Å². The predicted molar refractivity (Wildman–Crippen MR) is 108 cm³/mol. The van der Waals surface area contributed by atoms with Crippen LogP contribution in [-0.2, 0) is 6.54 Å². The summed E-state index contributed by atoms with van der Waals surface area (Å²) < 4.78 is 18.8. The summed E-state index contributed by atoms with van der Waals surface area (Å²) in [5.41, 5.74) is 4.26. The van der Waals surface area contributed by atoms with Crippen LogP contribution in [0.5, 0.6) is 11.5 Å². The molecule has 0 unspecified atom stereocenters. The van der Waals surface area contributed by atoms with E-state index in [1.54, 1.807) is 17.6 Å². The lowest BCUT2D eigenvalue weighted by Gasteiger charge is -2.09. The first-order chi connectivity index (χ1) is 13.8. The fourth-order valence-electron chi connectivity index (χ4n) is 3.15. The molecule has 5 nitrogen and oxygen atoms in total. The maximum Gasteiger partial charge on any atom is 0.231 e. The molecule has 0 bridgehead atoms.